The maximum atomic E-state index is 14.7. The number of sulfone groups is 1. The van der Waals surface area contributed by atoms with Crippen LogP contribution in [0.3, 0.4) is 0 Å². The van der Waals surface area contributed by atoms with E-state index in [1.165, 1.54) is 22.8 Å². The lowest BCUT2D eigenvalue weighted by atomic mass is 10.2. The zero-order chi connectivity index (χ0) is 23.9. The van der Waals surface area contributed by atoms with Crippen LogP contribution in [0.15, 0.2) is 53.6 Å². The molecule has 0 N–H and O–H groups in total. The van der Waals surface area contributed by atoms with Gasteiger partial charge in [-0.25, -0.2) is 12.8 Å². The molecule has 1 aromatic carbocycles. The Labute approximate surface area is 190 Å². The highest BCUT2D eigenvalue weighted by Gasteiger charge is 2.21. The molecule has 0 bridgehead atoms. The number of aromatic nitrogens is 4. The van der Waals surface area contributed by atoms with Crippen LogP contribution in [0.25, 0.3) is 22.2 Å². The third-order valence-corrected chi connectivity index (χ3v) is 7.48. The Morgan fingerprint density at radius 2 is 1.82 bits per heavy atom. The molecule has 0 fully saturated rings. The Bertz CT molecular complexity index is 1520. The Balaban J connectivity index is 1.86. The van der Waals surface area contributed by atoms with Gasteiger partial charge in [-0.05, 0) is 44.2 Å². The van der Waals surface area contributed by atoms with Crippen LogP contribution in [-0.2, 0) is 29.7 Å². The van der Waals surface area contributed by atoms with Gasteiger partial charge in [0.2, 0.25) is 5.56 Å². The van der Waals surface area contributed by atoms with Crippen molar-refractivity contribution in [1.29, 1.82) is 0 Å². The molecular weight excluding hydrogens is 447 g/mol. The molecule has 0 saturated heterocycles. The number of hydrogen-bond donors (Lipinski definition) is 0. The van der Waals surface area contributed by atoms with E-state index in [9.17, 15) is 17.6 Å². The highest BCUT2D eigenvalue weighted by molar-refractivity contribution is 7.91. The Morgan fingerprint density at radius 1 is 1.06 bits per heavy atom. The highest BCUT2D eigenvalue weighted by Crippen LogP contribution is 2.33. The van der Waals surface area contributed by atoms with Crippen LogP contribution in [0.5, 0.6) is 11.8 Å². The van der Waals surface area contributed by atoms with Crippen molar-refractivity contribution in [2.24, 2.45) is 14.1 Å². The SMILES string of the molecule is CC(C)S(=O)(=O)Cc1cc(-c2ccc(=O)n(C)c2)nc(Oc2c(F)ccc3ccn(C)c23)n1. The summed E-state index contributed by atoms with van der Waals surface area (Å²) >= 11 is 0. The predicted octanol–water partition coefficient (Wildman–Crippen LogP) is 3.59. The molecule has 0 aliphatic rings. The van der Waals surface area contributed by atoms with Gasteiger partial charge in [-0.3, -0.25) is 4.79 Å². The topological polar surface area (TPSA) is 96.1 Å². The van der Waals surface area contributed by atoms with Gasteiger partial charge in [0.05, 0.1) is 27.9 Å². The van der Waals surface area contributed by atoms with Crippen molar-refractivity contribution in [3.63, 3.8) is 0 Å². The fraction of sp³-hybridized carbons (Fsp3) is 0.261. The van der Waals surface area contributed by atoms with Crippen LogP contribution in [0.2, 0.25) is 0 Å². The average molecular weight is 471 g/mol. The van der Waals surface area contributed by atoms with Gasteiger partial charge < -0.3 is 13.9 Å². The number of pyridine rings is 1. The van der Waals surface area contributed by atoms with Crippen LogP contribution in [0.1, 0.15) is 19.5 Å². The molecule has 0 aliphatic heterocycles. The summed E-state index contributed by atoms with van der Waals surface area (Å²) in [6.45, 7) is 3.18. The molecule has 10 heteroatoms. The molecule has 3 aromatic heterocycles. The van der Waals surface area contributed by atoms with Crippen molar-refractivity contribution in [3.05, 3.63) is 70.7 Å². The van der Waals surface area contributed by atoms with E-state index < -0.39 is 20.9 Å². The summed E-state index contributed by atoms with van der Waals surface area (Å²) in [5.41, 5.74) is 1.43. The van der Waals surface area contributed by atoms with Gasteiger partial charge in [-0.15, -0.1) is 0 Å². The number of halogens is 1. The first kappa shape index (κ1) is 22.7. The van der Waals surface area contributed by atoms with Crippen LogP contribution < -0.4 is 10.3 Å². The molecule has 8 nitrogen and oxygen atoms in total. The van der Waals surface area contributed by atoms with Crippen LogP contribution in [0, 0.1) is 5.82 Å². The van der Waals surface area contributed by atoms with E-state index in [1.807, 2.05) is 6.07 Å². The summed E-state index contributed by atoms with van der Waals surface area (Å²) in [5, 5.41) is 0.165. The minimum absolute atomic E-state index is 0.0599. The smallest absolute Gasteiger partial charge is 0.322 e. The van der Waals surface area contributed by atoms with Crippen LogP contribution >= 0.6 is 0 Å². The maximum absolute atomic E-state index is 14.7. The van der Waals surface area contributed by atoms with E-state index in [1.54, 1.807) is 57.0 Å². The molecule has 0 atom stereocenters. The van der Waals surface area contributed by atoms with E-state index in [2.05, 4.69) is 9.97 Å². The monoisotopic (exact) mass is 470 g/mol. The van der Waals surface area contributed by atoms with Crippen molar-refractivity contribution in [1.82, 2.24) is 19.1 Å². The highest BCUT2D eigenvalue weighted by atomic mass is 32.2. The molecule has 0 spiro atoms. The van der Waals surface area contributed by atoms with Gasteiger partial charge in [0.1, 0.15) is 0 Å². The van der Waals surface area contributed by atoms with E-state index in [0.717, 1.165) is 5.39 Å². The molecule has 0 unspecified atom stereocenters. The second kappa shape index (κ2) is 8.43. The largest absolute Gasteiger partial charge is 0.419 e. The van der Waals surface area contributed by atoms with Gasteiger partial charge in [-0.1, -0.05) is 0 Å². The van der Waals surface area contributed by atoms with Gasteiger partial charge in [0.15, 0.2) is 21.4 Å². The average Bonchev–Trinajstić information content (AvgIpc) is 3.12. The van der Waals surface area contributed by atoms with Gasteiger partial charge in [-0.2, -0.15) is 9.97 Å². The van der Waals surface area contributed by atoms with Crippen molar-refractivity contribution >= 4 is 20.7 Å². The van der Waals surface area contributed by atoms with Crippen molar-refractivity contribution in [3.8, 4) is 23.0 Å². The molecule has 3 heterocycles. The number of rotatable bonds is 6. The van der Waals surface area contributed by atoms with Crippen molar-refractivity contribution in [2.75, 3.05) is 0 Å². The minimum atomic E-state index is -3.47. The Morgan fingerprint density at radius 3 is 2.52 bits per heavy atom. The molecule has 0 aliphatic carbocycles. The molecule has 0 amide bonds. The van der Waals surface area contributed by atoms with E-state index >= 15 is 0 Å². The molecule has 4 aromatic rings. The third-order valence-electron chi connectivity index (χ3n) is 5.35. The lowest BCUT2D eigenvalue weighted by Gasteiger charge is -2.13. The zero-order valence-corrected chi connectivity index (χ0v) is 19.4. The maximum Gasteiger partial charge on any atom is 0.322 e. The third kappa shape index (κ3) is 4.51. The number of ether oxygens (including phenoxy) is 1. The Kier molecular flexibility index (Phi) is 5.79. The summed E-state index contributed by atoms with van der Waals surface area (Å²) in [5.74, 6) is -0.994. The zero-order valence-electron chi connectivity index (χ0n) is 18.6. The lowest BCUT2D eigenvalue weighted by molar-refractivity contribution is 0.413. The number of hydrogen-bond acceptors (Lipinski definition) is 6. The minimum Gasteiger partial charge on any atom is -0.419 e. The summed E-state index contributed by atoms with van der Waals surface area (Å²) < 4.78 is 48.7. The standard InChI is InChI=1S/C23H23FN4O4S/c1-14(2)33(30,31)13-17-11-19(16-6-8-20(29)28(4)12-16)26-23(25-17)32-22-18(24)7-5-15-9-10-27(3)21(15)22/h5-12,14H,13H2,1-4H3. The first-order valence-corrected chi connectivity index (χ1v) is 11.9. The van der Waals surface area contributed by atoms with E-state index in [-0.39, 0.29) is 28.8 Å². The number of nitrogens with zero attached hydrogens (tertiary/aromatic N) is 4. The first-order chi connectivity index (χ1) is 15.5. The number of aryl methyl sites for hydroxylation is 2. The lowest BCUT2D eigenvalue weighted by Crippen LogP contribution is -2.17. The molecule has 33 heavy (non-hydrogen) atoms. The van der Waals surface area contributed by atoms with E-state index in [0.29, 0.717) is 16.8 Å². The molecule has 0 saturated carbocycles. The second-order valence-electron chi connectivity index (χ2n) is 8.09. The first-order valence-electron chi connectivity index (χ1n) is 10.2. The fourth-order valence-electron chi connectivity index (χ4n) is 3.37. The summed E-state index contributed by atoms with van der Waals surface area (Å²) in [7, 11) is -0.116. The molecule has 0 radical (unpaired) electrons. The second-order valence-corrected chi connectivity index (χ2v) is 10.7. The van der Waals surface area contributed by atoms with Crippen LogP contribution in [0.4, 0.5) is 4.39 Å². The number of benzene rings is 1. The molecule has 172 valence electrons. The van der Waals surface area contributed by atoms with Gasteiger partial charge in [0, 0.05) is 43.5 Å². The normalized spacial score (nSPS) is 11.9. The van der Waals surface area contributed by atoms with E-state index in [4.69, 9.17) is 4.74 Å². The van der Waals surface area contributed by atoms with Crippen molar-refractivity contribution < 1.29 is 17.5 Å². The summed E-state index contributed by atoms with van der Waals surface area (Å²) in [6.07, 6.45) is 3.35. The predicted molar refractivity (Wildman–Crippen MR) is 123 cm³/mol. The summed E-state index contributed by atoms with van der Waals surface area (Å²) in [4.78, 5) is 20.4. The molecular formula is C23H23FN4O4S. The summed E-state index contributed by atoms with van der Waals surface area (Å²) in [6, 6.07) is 9.05. The Hall–Kier alpha value is -3.53. The van der Waals surface area contributed by atoms with Gasteiger partial charge >= 0.3 is 6.01 Å². The number of fused-ring (bicyclic) bond motifs is 1. The van der Waals surface area contributed by atoms with Crippen LogP contribution in [-0.4, -0.2) is 32.8 Å². The quantitative estimate of drug-likeness (QED) is 0.427. The fourth-order valence-corrected chi connectivity index (χ4v) is 4.27. The van der Waals surface area contributed by atoms with Gasteiger partial charge in [0.25, 0.3) is 0 Å². The molecule has 4 rings (SSSR count). The van der Waals surface area contributed by atoms with Crippen molar-refractivity contribution in [2.45, 2.75) is 24.9 Å².